The molecular formula is C32H30N4O5. The topological polar surface area (TPSA) is 111 Å². The number of Topliss-reactive ketones (excluding diaryl/α,β-unsaturated/α-hetero) is 1. The van der Waals surface area contributed by atoms with Crippen LogP contribution in [-0.2, 0) is 0 Å². The number of pyridine rings is 2. The van der Waals surface area contributed by atoms with E-state index in [2.05, 4.69) is 15.3 Å². The highest BCUT2D eigenvalue weighted by molar-refractivity contribution is 6.03. The lowest BCUT2D eigenvalue weighted by molar-refractivity contribution is 0.0594. The minimum absolute atomic E-state index is 0.0223. The van der Waals surface area contributed by atoms with Crippen LogP contribution in [0.2, 0.25) is 0 Å². The number of benzene rings is 2. The van der Waals surface area contributed by atoms with Gasteiger partial charge in [-0.1, -0.05) is 17.7 Å². The van der Waals surface area contributed by atoms with E-state index in [1.165, 1.54) is 30.9 Å². The van der Waals surface area contributed by atoms with Crippen LogP contribution in [0, 0.1) is 6.92 Å². The zero-order valence-electron chi connectivity index (χ0n) is 22.9. The normalized spacial score (nSPS) is 13.4. The molecular weight excluding hydrogens is 520 g/mol. The van der Waals surface area contributed by atoms with E-state index in [9.17, 15) is 14.4 Å². The van der Waals surface area contributed by atoms with Crippen LogP contribution in [0.3, 0.4) is 0 Å². The maximum atomic E-state index is 13.0. The van der Waals surface area contributed by atoms with Crippen molar-refractivity contribution in [1.29, 1.82) is 0 Å². The van der Waals surface area contributed by atoms with Crippen LogP contribution in [-0.4, -0.2) is 51.7 Å². The molecule has 0 saturated carbocycles. The molecule has 0 radical (unpaired) electrons. The molecule has 4 aromatic rings. The number of amides is 2. The second kappa shape index (κ2) is 12.4. The van der Waals surface area contributed by atoms with Gasteiger partial charge in [0.1, 0.15) is 23.3 Å². The van der Waals surface area contributed by atoms with Gasteiger partial charge in [0.05, 0.1) is 17.4 Å². The first kappa shape index (κ1) is 27.5. The molecule has 208 valence electrons. The summed E-state index contributed by atoms with van der Waals surface area (Å²) in [4.78, 5) is 47.3. The van der Waals surface area contributed by atoms with Crippen molar-refractivity contribution in [2.24, 2.45) is 0 Å². The van der Waals surface area contributed by atoms with E-state index in [1.54, 1.807) is 47.4 Å². The van der Waals surface area contributed by atoms with Gasteiger partial charge >= 0.3 is 0 Å². The monoisotopic (exact) mass is 550 g/mol. The Hall–Kier alpha value is -5.05. The summed E-state index contributed by atoms with van der Waals surface area (Å²) in [6, 6.07) is 21.2. The molecule has 0 unspecified atom stereocenters. The molecule has 0 aliphatic carbocycles. The molecule has 1 aliphatic rings. The Morgan fingerprint density at radius 2 is 1.49 bits per heavy atom. The van der Waals surface area contributed by atoms with Gasteiger partial charge in [0, 0.05) is 43.8 Å². The maximum Gasteiger partial charge on any atom is 0.274 e. The summed E-state index contributed by atoms with van der Waals surface area (Å²) >= 11 is 0. The molecule has 0 spiro atoms. The van der Waals surface area contributed by atoms with Gasteiger partial charge in [-0.05, 0) is 68.4 Å². The molecule has 1 fully saturated rings. The van der Waals surface area contributed by atoms with Crippen LogP contribution >= 0.6 is 0 Å². The van der Waals surface area contributed by atoms with E-state index in [0.717, 1.165) is 18.6 Å². The van der Waals surface area contributed by atoms with E-state index < -0.39 is 5.91 Å². The Labute approximate surface area is 238 Å². The highest BCUT2D eigenvalue weighted by atomic mass is 16.5. The number of aromatic nitrogens is 2. The third-order valence-electron chi connectivity index (χ3n) is 6.77. The summed E-state index contributed by atoms with van der Waals surface area (Å²) in [7, 11) is 0. The second-order valence-electron chi connectivity index (χ2n) is 9.88. The maximum absolute atomic E-state index is 13.0. The van der Waals surface area contributed by atoms with Gasteiger partial charge in [0.15, 0.2) is 5.78 Å². The molecule has 1 saturated heterocycles. The Bertz CT molecular complexity index is 1510. The zero-order chi connectivity index (χ0) is 28.8. The number of piperidine rings is 1. The highest BCUT2D eigenvalue weighted by Crippen LogP contribution is 2.22. The third kappa shape index (κ3) is 7.13. The fraction of sp³-hybridized carbons (Fsp3) is 0.219. The van der Waals surface area contributed by atoms with Gasteiger partial charge in [0.2, 0.25) is 5.88 Å². The summed E-state index contributed by atoms with van der Waals surface area (Å²) in [5, 5.41) is 2.74. The van der Waals surface area contributed by atoms with Crippen LogP contribution in [0.4, 0.5) is 5.69 Å². The van der Waals surface area contributed by atoms with Crippen molar-refractivity contribution >= 4 is 23.3 Å². The minimum atomic E-state index is -0.423. The fourth-order valence-corrected chi connectivity index (χ4v) is 4.41. The van der Waals surface area contributed by atoms with Crippen molar-refractivity contribution in [3.05, 3.63) is 108 Å². The van der Waals surface area contributed by atoms with Crippen molar-refractivity contribution in [3.63, 3.8) is 0 Å². The highest BCUT2D eigenvalue weighted by Gasteiger charge is 2.25. The van der Waals surface area contributed by atoms with Crippen molar-refractivity contribution in [2.45, 2.75) is 32.8 Å². The molecule has 0 bridgehead atoms. The smallest absolute Gasteiger partial charge is 0.274 e. The summed E-state index contributed by atoms with van der Waals surface area (Å²) in [6.45, 7) is 4.72. The van der Waals surface area contributed by atoms with Gasteiger partial charge in [-0.25, -0.2) is 4.98 Å². The second-order valence-corrected chi connectivity index (χ2v) is 9.88. The van der Waals surface area contributed by atoms with Crippen LogP contribution in [0.1, 0.15) is 56.5 Å². The number of hydrogen-bond acceptors (Lipinski definition) is 7. The van der Waals surface area contributed by atoms with Gasteiger partial charge in [-0.15, -0.1) is 0 Å². The van der Waals surface area contributed by atoms with E-state index in [-0.39, 0.29) is 23.5 Å². The number of anilines is 1. The van der Waals surface area contributed by atoms with Crippen molar-refractivity contribution in [3.8, 4) is 17.4 Å². The first-order valence-electron chi connectivity index (χ1n) is 13.4. The predicted molar refractivity (Wildman–Crippen MR) is 154 cm³/mol. The Kier molecular flexibility index (Phi) is 8.34. The van der Waals surface area contributed by atoms with Gasteiger partial charge < -0.3 is 19.7 Å². The molecule has 2 aromatic carbocycles. The number of ketones is 1. The van der Waals surface area contributed by atoms with Crippen LogP contribution < -0.4 is 14.8 Å². The molecule has 0 atom stereocenters. The Morgan fingerprint density at radius 3 is 2.10 bits per heavy atom. The SMILES string of the molecule is CC(=O)c1ccc(Oc2ccc(NC(=O)c3ccc(C(=O)N4CCC(Oc5ccc(C)cc5)CC4)cn3)cn2)cc1. The first-order chi connectivity index (χ1) is 19.8. The largest absolute Gasteiger partial charge is 0.490 e. The zero-order valence-corrected chi connectivity index (χ0v) is 22.9. The van der Waals surface area contributed by atoms with Gasteiger partial charge in [0.25, 0.3) is 11.8 Å². The van der Waals surface area contributed by atoms with Crippen molar-refractivity contribution in [2.75, 3.05) is 18.4 Å². The van der Waals surface area contributed by atoms with Crippen LogP contribution in [0.15, 0.2) is 85.2 Å². The number of carbonyl (C=O) groups excluding carboxylic acids is 3. The number of carbonyl (C=O) groups is 3. The average molecular weight is 551 g/mol. The molecule has 2 amide bonds. The number of hydrogen-bond donors (Lipinski definition) is 1. The number of aryl methyl sites for hydroxylation is 1. The van der Waals surface area contributed by atoms with Crippen molar-refractivity contribution in [1.82, 2.24) is 14.9 Å². The molecule has 3 heterocycles. The van der Waals surface area contributed by atoms with Gasteiger partial charge in [-0.2, -0.15) is 0 Å². The molecule has 5 rings (SSSR count). The average Bonchev–Trinajstić information content (AvgIpc) is 3.00. The number of ether oxygens (including phenoxy) is 2. The summed E-state index contributed by atoms with van der Waals surface area (Å²) in [5.74, 6) is 1.16. The molecule has 1 aliphatic heterocycles. The molecule has 2 aromatic heterocycles. The third-order valence-corrected chi connectivity index (χ3v) is 6.77. The summed E-state index contributed by atoms with van der Waals surface area (Å²) < 4.78 is 11.8. The number of nitrogens with zero attached hydrogens (tertiary/aromatic N) is 3. The van der Waals surface area contributed by atoms with E-state index in [0.29, 0.717) is 41.5 Å². The van der Waals surface area contributed by atoms with E-state index in [4.69, 9.17) is 9.47 Å². The van der Waals surface area contributed by atoms with E-state index in [1.807, 2.05) is 31.2 Å². The van der Waals surface area contributed by atoms with Crippen molar-refractivity contribution < 1.29 is 23.9 Å². The predicted octanol–water partition coefficient (Wildman–Crippen LogP) is 5.72. The lowest BCUT2D eigenvalue weighted by Gasteiger charge is -2.32. The molecule has 1 N–H and O–H groups in total. The van der Waals surface area contributed by atoms with Crippen LogP contribution in [0.5, 0.6) is 17.4 Å². The van der Waals surface area contributed by atoms with Gasteiger partial charge in [-0.3, -0.25) is 19.4 Å². The summed E-state index contributed by atoms with van der Waals surface area (Å²) in [6.07, 6.45) is 4.47. The number of likely N-dealkylation sites (tertiary alicyclic amines) is 1. The fourth-order valence-electron chi connectivity index (χ4n) is 4.41. The summed E-state index contributed by atoms with van der Waals surface area (Å²) in [5.41, 5.74) is 2.85. The quantitative estimate of drug-likeness (QED) is 0.280. The number of rotatable bonds is 8. The lowest BCUT2D eigenvalue weighted by Crippen LogP contribution is -2.41. The molecule has 9 heteroatoms. The lowest BCUT2D eigenvalue weighted by atomic mass is 10.1. The van der Waals surface area contributed by atoms with E-state index >= 15 is 0 Å². The Balaban J connectivity index is 1.11. The van der Waals surface area contributed by atoms with Crippen LogP contribution in [0.25, 0.3) is 0 Å². The standard InChI is InChI=1S/C32H30N4O5/c1-21-3-9-26(10-4-21)40-28-15-17-36(18-16-28)32(39)24-7-13-29(33-19-24)31(38)35-25-8-14-30(34-20-25)41-27-11-5-23(6-12-27)22(2)37/h3-14,19-20,28H,15-18H2,1-2H3,(H,35,38). The molecule has 41 heavy (non-hydrogen) atoms. The minimum Gasteiger partial charge on any atom is -0.490 e. The first-order valence-corrected chi connectivity index (χ1v) is 13.4. The molecule has 9 nitrogen and oxygen atoms in total. The Morgan fingerprint density at radius 1 is 0.805 bits per heavy atom. The number of nitrogens with one attached hydrogen (secondary N) is 1.